The van der Waals surface area contributed by atoms with Crippen LogP contribution in [0.15, 0.2) is 41.3 Å². The fourth-order valence-electron chi connectivity index (χ4n) is 4.29. The van der Waals surface area contributed by atoms with Crippen LogP contribution in [0.25, 0.3) is 0 Å². The van der Waals surface area contributed by atoms with E-state index >= 15 is 0 Å². The highest BCUT2D eigenvalue weighted by Crippen LogP contribution is 2.25. The number of rotatable bonds is 8. The van der Waals surface area contributed by atoms with Gasteiger partial charge in [0.25, 0.3) is 5.91 Å². The number of hydrogen-bond donors (Lipinski definition) is 1. The number of morpholine rings is 1. The van der Waals surface area contributed by atoms with Crippen molar-refractivity contribution in [1.29, 1.82) is 0 Å². The average Bonchev–Trinajstić information content (AvgIpc) is 2.77. The van der Waals surface area contributed by atoms with Crippen molar-refractivity contribution in [3.8, 4) is 0 Å². The van der Waals surface area contributed by atoms with Crippen LogP contribution >= 0.6 is 0 Å². The van der Waals surface area contributed by atoms with Gasteiger partial charge in [0.05, 0.1) is 22.8 Å². The van der Waals surface area contributed by atoms with Crippen LogP contribution in [0.4, 0.5) is 10.1 Å². The second kappa shape index (κ2) is 10.8. The summed E-state index contributed by atoms with van der Waals surface area (Å²) in [6.07, 6.45) is 0.0401. The van der Waals surface area contributed by atoms with Gasteiger partial charge in [-0.15, -0.1) is 0 Å². The Balaban J connectivity index is 1.73. The molecular formula is C25H34FN3O4S. The lowest BCUT2D eigenvalue weighted by Gasteiger charge is -2.37. The Kier molecular flexibility index (Phi) is 8.33. The van der Waals surface area contributed by atoms with E-state index < -0.39 is 15.9 Å². The summed E-state index contributed by atoms with van der Waals surface area (Å²) in [4.78, 5) is 14.9. The number of amides is 1. The van der Waals surface area contributed by atoms with E-state index in [2.05, 4.69) is 5.32 Å². The van der Waals surface area contributed by atoms with Crippen molar-refractivity contribution in [3.05, 3.63) is 58.9 Å². The third-order valence-corrected chi connectivity index (χ3v) is 8.07. The molecule has 2 unspecified atom stereocenters. The molecule has 1 heterocycles. The molecule has 9 heteroatoms. The zero-order valence-corrected chi connectivity index (χ0v) is 21.3. The van der Waals surface area contributed by atoms with Crippen LogP contribution in [-0.2, 0) is 21.3 Å². The molecule has 1 aliphatic rings. The highest BCUT2D eigenvalue weighted by molar-refractivity contribution is 7.89. The first kappa shape index (κ1) is 26.1. The smallest absolute Gasteiger partial charge is 0.251 e. The van der Waals surface area contributed by atoms with E-state index in [0.29, 0.717) is 43.0 Å². The van der Waals surface area contributed by atoms with E-state index in [4.69, 9.17) is 4.74 Å². The number of nitrogens with one attached hydrogen (secondary N) is 1. The number of nitrogens with zero attached hydrogens (tertiary/aromatic N) is 2. The zero-order chi connectivity index (χ0) is 25.0. The minimum Gasteiger partial charge on any atom is -0.372 e. The fraction of sp³-hybridized carbons (Fsp3) is 0.480. The minimum atomic E-state index is -3.68. The number of carbonyl (C=O) groups is 1. The molecule has 186 valence electrons. The molecule has 1 saturated heterocycles. The average molecular weight is 492 g/mol. The minimum absolute atomic E-state index is 0.0201. The van der Waals surface area contributed by atoms with Crippen molar-refractivity contribution in [3.63, 3.8) is 0 Å². The lowest BCUT2D eigenvalue weighted by molar-refractivity contribution is -0.00539. The standard InChI is InChI=1S/C25H34FN3O4S/c1-6-29(7-2)34(31,32)21-10-8-17(3)22(13-21)25(30)27-14-20-9-11-24(23(26)12-20)28-15-18(4)33-19(5)16-28/h8-13,18-19H,6-7,14-16H2,1-5H3,(H,27,30). The number of sulfonamides is 1. The highest BCUT2D eigenvalue weighted by Gasteiger charge is 2.25. The van der Waals surface area contributed by atoms with Gasteiger partial charge in [-0.05, 0) is 56.2 Å². The SMILES string of the molecule is CCN(CC)S(=O)(=O)c1ccc(C)c(C(=O)NCc2ccc(N3CC(C)OC(C)C3)c(F)c2)c1. The second-order valence-corrected chi connectivity index (χ2v) is 10.6. The van der Waals surface area contributed by atoms with Crippen LogP contribution in [0.1, 0.15) is 49.2 Å². The Bertz CT molecular complexity index is 1120. The van der Waals surface area contributed by atoms with Crippen LogP contribution in [0.5, 0.6) is 0 Å². The summed E-state index contributed by atoms with van der Waals surface area (Å²) in [6.45, 7) is 11.3. The third-order valence-electron chi connectivity index (χ3n) is 6.02. The predicted molar refractivity (Wildman–Crippen MR) is 131 cm³/mol. The summed E-state index contributed by atoms with van der Waals surface area (Å²) in [7, 11) is -3.68. The second-order valence-electron chi connectivity index (χ2n) is 8.70. The Morgan fingerprint density at radius 2 is 1.76 bits per heavy atom. The molecule has 34 heavy (non-hydrogen) atoms. The van der Waals surface area contributed by atoms with Gasteiger partial charge in [0.2, 0.25) is 10.0 Å². The first-order chi connectivity index (χ1) is 16.1. The molecule has 2 aromatic carbocycles. The van der Waals surface area contributed by atoms with Crippen LogP contribution < -0.4 is 10.2 Å². The molecule has 0 saturated carbocycles. The predicted octanol–water partition coefficient (Wildman–Crippen LogP) is 3.71. The maximum Gasteiger partial charge on any atom is 0.251 e. The van der Waals surface area contributed by atoms with Gasteiger partial charge >= 0.3 is 0 Å². The molecule has 0 bridgehead atoms. The molecule has 2 atom stereocenters. The number of carbonyl (C=O) groups excluding carboxylic acids is 1. The van der Waals surface area contributed by atoms with Crippen molar-refractivity contribution in [2.24, 2.45) is 0 Å². The van der Waals surface area contributed by atoms with Gasteiger partial charge < -0.3 is 15.0 Å². The number of aryl methyl sites for hydroxylation is 1. The van der Waals surface area contributed by atoms with Crippen LogP contribution in [0.2, 0.25) is 0 Å². The third kappa shape index (κ3) is 5.76. The summed E-state index contributed by atoms with van der Waals surface area (Å²) in [6, 6.07) is 9.49. The van der Waals surface area contributed by atoms with Gasteiger partial charge in [-0.2, -0.15) is 4.31 Å². The normalized spacial score (nSPS) is 18.9. The molecule has 1 aliphatic heterocycles. The van der Waals surface area contributed by atoms with Crippen molar-refractivity contribution in [2.75, 3.05) is 31.1 Å². The molecule has 1 amide bonds. The van der Waals surface area contributed by atoms with E-state index in [1.165, 1.54) is 22.5 Å². The molecule has 0 aliphatic carbocycles. The molecule has 0 aromatic heterocycles. The largest absolute Gasteiger partial charge is 0.372 e. The van der Waals surface area contributed by atoms with Crippen LogP contribution in [-0.4, -0.2) is 57.0 Å². The van der Waals surface area contributed by atoms with Crippen molar-refractivity contribution in [2.45, 2.75) is 58.3 Å². The molecule has 0 spiro atoms. The van der Waals surface area contributed by atoms with Gasteiger partial charge in [-0.25, -0.2) is 12.8 Å². The highest BCUT2D eigenvalue weighted by atomic mass is 32.2. The van der Waals surface area contributed by atoms with Gasteiger partial charge in [0.1, 0.15) is 5.82 Å². The fourth-order valence-corrected chi connectivity index (χ4v) is 5.77. The quantitative estimate of drug-likeness (QED) is 0.609. The van der Waals surface area contributed by atoms with Crippen LogP contribution in [0, 0.1) is 12.7 Å². The Labute approximate surface area is 201 Å². The Hall–Kier alpha value is -2.49. The first-order valence-corrected chi connectivity index (χ1v) is 13.1. The number of hydrogen-bond acceptors (Lipinski definition) is 5. The lowest BCUT2D eigenvalue weighted by Crippen LogP contribution is -2.45. The van der Waals surface area contributed by atoms with E-state index in [0.717, 1.165) is 0 Å². The van der Waals surface area contributed by atoms with Crippen LogP contribution in [0.3, 0.4) is 0 Å². The van der Waals surface area contributed by atoms with Crippen molar-refractivity contribution < 1.29 is 22.3 Å². The van der Waals surface area contributed by atoms with Gasteiger partial charge in [-0.1, -0.05) is 26.0 Å². The van der Waals surface area contributed by atoms with Crippen molar-refractivity contribution in [1.82, 2.24) is 9.62 Å². The Morgan fingerprint density at radius 3 is 2.35 bits per heavy atom. The Morgan fingerprint density at radius 1 is 1.12 bits per heavy atom. The van der Waals surface area contributed by atoms with E-state index in [9.17, 15) is 17.6 Å². The van der Waals surface area contributed by atoms with E-state index in [1.807, 2.05) is 18.7 Å². The molecule has 0 radical (unpaired) electrons. The first-order valence-electron chi connectivity index (χ1n) is 11.6. The molecule has 1 N–H and O–H groups in total. The number of anilines is 1. The summed E-state index contributed by atoms with van der Waals surface area (Å²) < 4.78 is 47.6. The molecular weight excluding hydrogens is 457 g/mol. The van der Waals surface area contributed by atoms with Gasteiger partial charge in [0, 0.05) is 38.3 Å². The zero-order valence-electron chi connectivity index (χ0n) is 20.5. The summed E-state index contributed by atoms with van der Waals surface area (Å²) in [5, 5.41) is 2.78. The molecule has 3 rings (SSSR count). The maximum absolute atomic E-state index is 14.9. The van der Waals surface area contributed by atoms with E-state index in [-0.39, 0.29) is 35.0 Å². The maximum atomic E-state index is 14.9. The summed E-state index contributed by atoms with van der Waals surface area (Å²) >= 11 is 0. The molecule has 7 nitrogen and oxygen atoms in total. The summed E-state index contributed by atoms with van der Waals surface area (Å²) in [5.41, 5.74) is 2.07. The molecule has 1 fully saturated rings. The van der Waals surface area contributed by atoms with E-state index in [1.54, 1.807) is 39.0 Å². The number of benzene rings is 2. The molecule has 2 aromatic rings. The number of ether oxygens (including phenoxy) is 1. The summed E-state index contributed by atoms with van der Waals surface area (Å²) in [5.74, 6) is -0.758. The monoisotopic (exact) mass is 491 g/mol. The topological polar surface area (TPSA) is 79.0 Å². The van der Waals surface area contributed by atoms with Gasteiger partial charge in [-0.3, -0.25) is 4.79 Å². The number of halogens is 1. The van der Waals surface area contributed by atoms with Gasteiger partial charge in [0.15, 0.2) is 0 Å². The lowest BCUT2D eigenvalue weighted by atomic mass is 10.1. The van der Waals surface area contributed by atoms with Crippen molar-refractivity contribution >= 4 is 21.6 Å².